The van der Waals surface area contributed by atoms with Gasteiger partial charge in [-0.05, 0) is 30.5 Å². The van der Waals surface area contributed by atoms with Crippen LogP contribution in [0.4, 0.5) is 23.5 Å². The molecular weight excluding hydrogens is 635 g/mol. The molecule has 1 saturated heterocycles. The minimum atomic E-state index is 0.205. The number of ether oxygens (including phenoxy) is 5. The van der Waals surface area contributed by atoms with Crippen molar-refractivity contribution in [1.82, 2.24) is 19.9 Å². The van der Waals surface area contributed by atoms with Crippen LogP contribution in [0.5, 0.6) is 0 Å². The third-order valence-electron chi connectivity index (χ3n) is 7.85. The van der Waals surface area contributed by atoms with E-state index in [2.05, 4.69) is 20.0 Å². The molecule has 0 radical (unpaired) electrons. The van der Waals surface area contributed by atoms with Crippen molar-refractivity contribution in [3.63, 3.8) is 0 Å². The first-order valence-electron chi connectivity index (χ1n) is 15.4. The molecule has 0 spiro atoms. The van der Waals surface area contributed by atoms with Crippen LogP contribution in [0, 0.1) is 0 Å². The zero-order valence-corrected chi connectivity index (χ0v) is 28.9. The van der Waals surface area contributed by atoms with Crippen molar-refractivity contribution in [3.05, 3.63) is 33.8 Å². The lowest BCUT2D eigenvalue weighted by molar-refractivity contribution is 0.0818. The molecule has 3 heterocycles. The highest BCUT2D eigenvalue weighted by Crippen LogP contribution is 2.33. The summed E-state index contributed by atoms with van der Waals surface area (Å²) in [6.45, 7) is 6.30. The Kier molecular flexibility index (Phi) is 14.5. The first kappa shape index (κ1) is 36.1. The van der Waals surface area contributed by atoms with Gasteiger partial charge in [0.15, 0.2) is 11.6 Å². The number of rotatable bonds is 19. The Bertz CT molecular complexity index is 1370. The fourth-order valence-electron chi connectivity index (χ4n) is 5.17. The van der Waals surface area contributed by atoms with Crippen molar-refractivity contribution < 1.29 is 23.7 Å². The van der Waals surface area contributed by atoms with Crippen LogP contribution in [0.2, 0.25) is 10.0 Å². The number of hydrogen-bond acceptors (Lipinski definition) is 13. The summed E-state index contributed by atoms with van der Waals surface area (Å²) in [7, 11) is 8.48. The first-order chi connectivity index (χ1) is 22.4. The van der Waals surface area contributed by atoms with E-state index in [1.165, 1.54) is 0 Å². The summed E-state index contributed by atoms with van der Waals surface area (Å²) in [5.41, 5.74) is 2.20. The number of methoxy groups -OCH3 is 5. The molecule has 46 heavy (non-hydrogen) atoms. The first-order valence-corrected chi connectivity index (χ1v) is 16.2. The third kappa shape index (κ3) is 9.63. The van der Waals surface area contributed by atoms with Gasteiger partial charge >= 0.3 is 0 Å². The predicted octanol–water partition coefficient (Wildman–Crippen LogP) is 4.15. The molecule has 13 nitrogen and oxygen atoms in total. The molecule has 1 fully saturated rings. The van der Waals surface area contributed by atoms with Crippen LogP contribution in [0.15, 0.2) is 18.2 Å². The molecule has 4 rings (SSSR count). The monoisotopic (exact) mass is 680 g/mol. The van der Waals surface area contributed by atoms with Gasteiger partial charge in [-0.25, -0.2) is 9.97 Å². The Labute approximate surface area is 281 Å². The number of hydrogen-bond donors (Lipinski definition) is 1. The number of nitrogens with one attached hydrogen (secondary N) is 1. The molecule has 3 aromatic rings. The summed E-state index contributed by atoms with van der Waals surface area (Å²) in [5, 5.41) is 4.50. The van der Waals surface area contributed by atoms with Crippen LogP contribution in [0.25, 0.3) is 11.0 Å². The number of anilines is 4. The van der Waals surface area contributed by atoms with E-state index >= 15 is 0 Å². The Morgan fingerprint density at radius 3 is 1.80 bits per heavy atom. The molecule has 0 atom stereocenters. The molecule has 0 unspecified atom stereocenters. The second kappa shape index (κ2) is 18.5. The largest absolute Gasteiger partial charge is 0.383 e. The second-order valence-corrected chi connectivity index (χ2v) is 11.7. The van der Waals surface area contributed by atoms with Crippen molar-refractivity contribution in [1.29, 1.82) is 0 Å². The maximum atomic E-state index is 6.34. The Balaban J connectivity index is 1.89. The molecule has 0 bridgehead atoms. The number of nitrogens with zero attached hydrogens (tertiary/aromatic N) is 7. The number of halogens is 2. The van der Waals surface area contributed by atoms with E-state index in [0.29, 0.717) is 97.9 Å². The van der Waals surface area contributed by atoms with Crippen molar-refractivity contribution in [2.75, 3.05) is 121 Å². The molecule has 0 saturated carbocycles. The fraction of sp³-hybridized carbons (Fsp3) is 0.613. The van der Waals surface area contributed by atoms with E-state index in [-0.39, 0.29) is 6.10 Å². The van der Waals surface area contributed by atoms with Gasteiger partial charge in [-0.2, -0.15) is 9.97 Å². The zero-order chi connectivity index (χ0) is 32.9. The van der Waals surface area contributed by atoms with Gasteiger partial charge in [-0.15, -0.1) is 0 Å². The summed E-state index contributed by atoms with van der Waals surface area (Å²) >= 11 is 12.5. The number of aromatic nitrogens is 4. The van der Waals surface area contributed by atoms with E-state index in [1.54, 1.807) is 41.6 Å². The minimum Gasteiger partial charge on any atom is -0.383 e. The average molecular weight is 682 g/mol. The third-order valence-corrected chi connectivity index (χ3v) is 8.59. The van der Waals surface area contributed by atoms with Gasteiger partial charge in [0.05, 0.1) is 42.6 Å². The highest BCUT2D eigenvalue weighted by molar-refractivity contribution is 6.42. The lowest BCUT2D eigenvalue weighted by Crippen LogP contribution is -2.38. The van der Waals surface area contributed by atoms with Gasteiger partial charge in [0.25, 0.3) is 0 Å². The average Bonchev–Trinajstić information content (AvgIpc) is 3.08. The highest BCUT2D eigenvalue weighted by atomic mass is 35.5. The maximum absolute atomic E-state index is 6.34. The highest BCUT2D eigenvalue weighted by Gasteiger charge is 2.27. The molecule has 254 valence electrons. The molecule has 1 aliphatic rings. The summed E-state index contributed by atoms with van der Waals surface area (Å²) in [5.74, 6) is 2.39. The van der Waals surface area contributed by atoms with Crippen LogP contribution in [0.3, 0.4) is 0 Å². The van der Waals surface area contributed by atoms with E-state index < -0.39 is 0 Å². The SMILES string of the molecule is COCCN(CCOC)c1nc(N2CCC(OC)CC2)c2nc(N(CCOC)CCOC)nc(NCc3ccc(Cl)c(Cl)c3)c2n1. The molecule has 1 aromatic carbocycles. The Morgan fingerprint density at radius 1 is 0.739 bits per heavy atom. The van der Waals surface area contributed by atoms with Crippen molar-refractivity contribution >= 4 is 57.8 Å². The van der Waals surface area contributed by atoms with Gasteiger partial charge in [0.2, 0.25) is 11.9 Å². The summed E-state index contributed by atoms with van der Waals surface area (Å²) in [4.78, 5) is 26.8. The lowest BCUT2D eigenvalue weighted by Gasteiger charge is -2.33. The fourth-order valence-corrected chi connectivity index (χ4v) is 5.49. The van der Waals surface area contributed by atoms with E-state index in [4.69, 9.17) is 66.8 Å². The Hall–Kier alpha value is -2.78. The molecule has 15 heteroatoms. The number of fused-ring (bicyclic) bond motifs is 1. The van der Waals surface area contributed by atoms with Gasteiger partial charge in [-0.3, -0.25) is 0 Å². The van der Waals surface area contributed by atoms with E-state index in [0.717, 1.165) is 37.3 Å². The van der Waals surface area contributed by atoms with E-state index in [1.807, 2.05) is 12.1 Å². The molecule has 0 amide bonds. The van der Waals surface area contributed by atoms with Crippen LogP contribution in [-0.2, 0) is 30.2 Å². The standard InChI is InChI=1S/C31H46Cl2N8O5/c1-42-16-12-40(13-17-43-2)30-36-27-26(28(37-30)34-21-22-6-7-24(32)25(33)20-22)35-31(41(14-18-44-3)15-19-45-4)38-29(27)39-10-8-23(46-5)9-11-39/h6-7,20,23H,8-19,21H2,1-5H3,(H,34,36,37). The van der Waals surface area contributed by atoms with Gasteiger partial charge in [-0.1, -0.05) is 29.3 Å². The predicted molar refractivity (Wildman–Crippen MR) is 183 cm³/mol. The summed E-state index contributed by atoms with van der Waals surface area (Å²) < 4.78 is 27.3. The molecule has 2 aromatic heterocycles. The van der Waals surface area contributed by atoms with Crippen LogP contribution < -0.4 is 20.0 Å². The molecular formula is C31H46Cl2N8O5. The summed E-state index contributed by atoms with van der Waals surface area (Å²) in [6.07, 6.45) is 1.96. The van der Waals surface area contributed by atoms with E-state index in [9.17, 15) is 0 Å². The molecule has 1 aliphatic heterocycles. The van der Waals surface area contributed by atoms with Crippen LogP contribution in [0.1, 0.15) is 18.4 Å². The van der Waals surface area contributed by atoms with Crippen molar-refractivity contribution in [2.45, 2.75) is 25.5 Å². The topological polar surface area (TPSA) is 119 Å². The van der Waals surface area contributed by atoms with Gasteiger partial charge in [0, 0.05) is 81.4 Å². The van der Waals surface area contributed by atoms with Gasteiger partial charge < -0.3 is 43.7 Å². The second-order valence-electron chi connectivity index (χ2n) is 10.9. The van der Waals surface area contributed by atoms with Crippen LogP contribution >= 0.6 is 23.2 Å². The summed E-state index contributed by atoms with van der Waals surface area (Å²) in [6, 6.07) is 5.55. The molecule has 0 aliphatic carbocycles. The Morgan fingerprint density at radius 2 is 1.28 bits per heavy atom. The van der Waals surface area contributed by atoms with Crippen molar-refractivity contribution in [2.24, 2.45) is 0 Å². The van der Waals surface area contributed by atoms with Gasteiger partial charge in [0.1, 0.15) is 11.0 Å². The number of piperidine rings is 1. The van der Waals surface area contributed by atoms with Crippen LogP contribution in [-0.4, -0.2) is 127 Å². The molecule has 1 N–H and O–H groups in total. The number of benzene rings is 1. The normalized spacial score (nSPS) is 13.8. The quantitative estimate of drug-likeness (QED) is 0.195. The lowest BCUT2D eigenvalue weighted by atomic mass is 10.1. The minimum absolute atomic E-state index is 0.205. The van der Waals surface area contributed by atoms with Crippen molar-refractivity contribution in [3.8, 4) is 0 Å². The smallest absolute Gasteiger partial charge is 0.228 e. The maximum Gasteiger partial charge on any atom is 0.228 e. The zero-order valence-electron chi connectivity index (χ0n) is 27.4.